The van der Waals surface area contributed by atoms with E-state index in [1.54, 1.807) is 0 Å². The molecule has 0 fully saturated rings. The Morgan fingerprint density at radius 1 is 1.42 bits per heavy atom. The Bertz CT molecular complexity index is 444. The number of benzene rings is 1. The van der Waals surface area contributed by atoms with E-state index in [-0.39, 0.29) is 10.6 Å². The second-order valence-electron chi connectivity index (χ2n) is 3.74. The number of alkyl halides is 3. The molecule has 3 nitrogen and oxygen atoms in total. The summed E-state index contributed by atoms with van der Waals surface area (Å²) in [5, 5.41) is 10.5. The summed E-state index contributed by atoms with van der Waals surface area (Å²) in [4.78, 5) is 11.3. The number of carbonyl (C=O) groups excluding carboxylic acids is 1. The zero-order valence-electron chi connectivity index (χ0n) is 9.47. The van der Waals surface area contributed by atoms with Gasteiger partial charge in [0.2, 0.25) is 5.91 Å². The van der Waals surface area contributed by atoms with E-state index in [1.165, 1.54) is 12.1 Å². The lowest BCUT2D eigenvalue weighted by Gasteiger charge is -2.15. The van der Waals surface area contributed by atoms with Crippen LogP contribution in [0.4, 0.5) is 17.6 Å². The van der Waals surface area contributed by atoms with Crippen LogP contribution in [0.25, 0.3) is 0 Å². The maximum Gasteiger partial charge on any atom is 0.416 e. The van der Waals surface area contributed by atoms with Gasteiger partial charge in [-0.3, -0.25) is 4.79 Å². The standard InChI is InChI=1S/C11H10ClF4NO2/c12-7-2-1-3-8(13)6(7)4-10(19)17-5-9(18)11(14,15)16/h1-3,9,18H,4-5H2,(H,17,19). The highest BCUT2D eigenvalue weighted by atomic mass is 35.5. The smallest absolute Gasteiger partial charge is 0.382 e. The minimum atomic E-state index is -4.82. The maximum atomic E-state index is 13.3. The Balaban J connectivity index is 2.57. The molecule has 8 heteroatoms. The van der Waals surface area contributed by atoms with Gasteiger partial charge >= 0.3 is 6.18 Å². The number of hydrogen-bond donors (Lipinski definition) is 2. The van der Waals surface area contributed by atoms with Crippen molar-refractivity contribution in [2.45, 2.75) is 18.7 Å². The highest BCUT2D eigenvalue weighted by Crippen LogP contribution is 2.20. The molecule has 0 spiro atoms. The number of amides is 1. The number of nitrogens with one attached hydrogen (secondary N) is 1. The monoisotopic (exact) mass is 299 g/mol. The van der Waals surface area contributed by atoms with Crippen LogP contribution >= 0.6 is 11.6 Å². The van der Waals surface area contributed by atoms with Gasteiger partial charge in [0.05, 0.1) is 13.0 Å². The summed E-state index contributed by atoms with van der Waals surface area (Å²) in [6.07, 6.45) is -7.98. The molecule has 1 aromatic rings. The molecule has 0 bridgehead atoms. The average Bonchev–Trinajstić information content (AvgIpc) is 2.29. The predicted molar refractivity (Wildman–Crippen MR) is 60.2 cm³/mol. The molecule has 0 saturated heterocycles. The van der Waals surface area contributed by atoms with Crippen molar-refractivity contribution >= 4 is 17.5 Å². The quantitative estimate of drug-likeness (QED) is 0.836. The first-order valence-corrected chi connectivity index (χ1v) is 5.54. The molecule has 0 aliphatic rings. The molecule has 0 saturated carbocycles. The van der Waals surface area contributed by atoms with Crippen LogP contribution in [0, 0.1) is 5.82 Å². The van der Waals surface area contributed by atoms with Crippen LogP contribution in [-0.4, -0.2) is 29.8 Å². The zero-order chi connectivity index (χ0) is 14.6. The Hall–Kier alpha value is -1.34. The lowest BCUT2D eigenvalue weighted by molar-refractivity contribution is -0.201. The first kappa shape index (κ1) is 15.7. The summed E-state index contributed by atoms with van der Waals surface area (Å²) >= 11 is 5.66. The molecular formula is C11H10ClF4NO2. The molecule has 0 radical (unpaired) electrons. The van der Waals surface area contributed by atoms with Gasteiger partial charge in [0.25, 0.3) is 0 Å². The average molecular weight is 300 g/mol. The fourth-order valence-electron chi connectivity index (χ4n) is 1.25. The van der Waals surface area contributed by atoms with E-state index >= 15 is 0 Å². The van der Waals surface area contributed by atoms with Crippen LogP contribution in [0.5, 0.6) is 0 Å². The molecule has 106 valence electrons. The van der Waals surface area contributed by atoms with Crippen molar-refractivity contribution < 1.29 is 27.5 Å². The Morgan fingerprint density at radius 3 is 2.58 bits per heavy atom. The molecule has 1 atom stereocenters. The summed E-state index contributed by atoms with van der Waals surface area (Å²) < 4.78 is 49.2. The van der Waals surface area contributed by atoms with Crippen LogP contribution < -0.4 is 5.32 Å². The molecule has 0 aliphatic carbocycles. The fourth-order valence-corrected chi connectivity index (χ4v) is 1.48. The summed E-state index contributed by atoms with van der Waals surface area (Å²) in [6, 6.07) is 3.78. The van der Waals surface area contributed by atoms with Crippen molar-refractivity contribution in [3.05, 3.63) is 34.6 Å². The summed E-state index contributed by atoms with van der Waals surface area (Å²) in [5.74, 6) is -1.59. The minimum Gasteiger partial charge on any atom is -0.382 e. The minimum absolute atomic E-state index is 0.00604. The highest BCUT2D eigenvalue weighted by molar-refractivity contribution is 6.31. The second kappa shape index (κ2) is 6.21. The number of rotatable bonds is 4. The Kier molecular flexibility index (Phi) is 5.13. The lowest BCUT2D eigenvalue weighted by atomic mass is 10.1. The molecule has 19 heavy (non-hydrogen) atoms. The lowest BCUT2D eigenvalue weighted by Crippen LogP contribution is -2.41. The SMILES string of the molecule is O=C(Cc1c(F)cccc1Cl)NCC(O)C(F)(F)F. The molecule has 1 aromatic carbocycles. The van der Waals surface area contributed by atoms with Gasteiger partial charge in [-0.2, -0.15) is 13.2 Å². The van der Waals surface area contributed by atoms with E-state index in [0.29, 0.717) is 0 Å². The fraction of sp³-hybridized carbons (Fsp3) is 0.364. The predicted octanol–water partition coefficient (Wildman–Crippen LogP) is 2.06. The van der Waals surface area contributed by atoms with Gasteiger partial charge in [-0.1, -0.05) is 17.7 Å². The van der Waals surface area contributed by atoms with Crippen LogP contribution in [0.15, 0.2) is 18.2 Å². The molecule has 1 rings (SSSR count). The van der Waals surface area contributed by atoms with Crippen molar-refractivity contribution in [2.24, 2.45) is 0 Å². The Morgan fingerprint density at radius 2 is 2.05 bits per heavy atom. The van der Waals surface area contributed by atoms with Gasteiger partial charge in [0, 0.05) is 10.6 Å². The number of aliphatic hydroxyl groups excluding tert-OH is 1. The topological polar surface area (TPSA) is 49.3 Å². The molecule has 0 aliphatic heterocycles. The van der Waals surface area contributed by atoms with Gasteiger partial charge in [-0.05, 0) is 12.1 Å². The zero-order valence-corrected chi connectivity index (χ0v) is 10.2. The largest absolute Gasteiger partial charge is 0.416 e. The summed E-state index contributed by atoms with van der Waals surface area (Å²) in [7, 11) is 0. The normalized spacial score (nSPS) is 13.2. The van der Waals surface area contributed by atoms with Gasteiger partial charge in [0.15, 0.2) is 6.10 Å². The molecular weight excluding hydrogens is 290 g/mol. The number of halogens is 5. The third-order valence-electron chi connectivity index (χ3n) is 2.27. The van der Waals surface area contributed by atoms with E-state index in [0.717, 1.165) is 6.07 Å². The van der Waals surface area contributed by atoms with Crippen LogP contribution in [0.1, 0.15) is 5.56 Å². The first-order chi connectivity index (χ1) is 8.71. The Labute approximate surface area is 111 Å². The van der Waals surface area contributed by atoms with E-state index in [4.69, 9.17) is 16.7 Å². The summed E-state index contributed by atoms with van der Waals surface area (Å²) in [6.45, 7) is -0.992. The van der Waals surface area contributed by atoms with Gasteiger partial charge < -0.3 is 10.4 Å². The second-order valence-corrected chi connectivity index (χ2v) is 4.15. The maximum absolute atomic E-state index is 13.3. The van der Waals surface area contributed by atoms with Crippen molar-refractivity contribution in [1.82, 2.24) is 5.32 Å². The van der Waals surface area contributed by atoms with Crippen molar-refractivity contribution in [2.75, 3.05) is 6.54 Å². The molecule has 0 heterocycles. The van der Waals surface area contributed by atoms with E-state index in [2.05, 4.69) is 0 Å². The van der Waals surface area contributed by atoms with E-state index < -0.39 is 37.0 Å². The number of hydrogen-bond acceptors (Lipinski definition) is 2. The number of aliphatic hydroxyl groups is 1. The van der Waals surface area contributed by atoms with Crippen LogP contribution in [-0.2, 0) is 11.2 Å². The third-order valence-corrected chi connectivity index (χ3v) is 2.62. The third kappa shape index (κ3) is 4.68. The molecule has 2 N–H and O–H groups in total. The molecule has 1 unspecified atom stereocenters. The molecule has 0 aromatic heterocycles. The van der Waals surface area contributed by atoms with Gasteiger partial charge in [0.1, 0.15) is 5.82 Å². The van der Waals surface area contributed by atoms with E-state index in [9.17, 15) is 22.4 Å². The summed E-state index contributed by atoms with van der Waals surface area (Å²) in [5.41, 5.74) is -0.108. The van der Waals surface area contributed by atoms with Gasteiger partial charge in [-0.15, -0.1) is 0 Å². The van der Waals surface area contributed by atoms with Crippen LogP contribution in [0.3, 0.4) is 0 Å². The number of carbonyl (C=O) groups is 1. The van der Waals surface area contributed by atoms with Crippen molar-refractivity contribution in [3.8, 4) is 0 Å². The highest BCUT2D eigenvalue weighted by Gasteiger charge is 2.38. The van der Waals surface area contributed by atoms with Crippen LogP contribution in [0.2, 0.25) is 5.02 Å². The molecule has 1 amide bonds. The first-order valence-electron chi connectivity index (χ1n) is 5.16. The van der Waals surface area contributed by atoms with Crippen molar-refractivity contribution in [1.29, 1.82) is 0 Å². The van der Waals surface area contributed by atoms with Gasteiger partial charge in [-0.25, -0.2) is 4.39 Å². The van der Waals surface area contributed by atoms with Crippen molar-refractivity contribution in [3.63, 3.8) is 0 Å². The van der Waals surface area contributed by atoms with E-state index in [1.807, 2.05) is 5.32 Å².